The number of amides is 1. The van der Waals surface area contributed by atoms with Crippen molar-refractivity contribution in [2.45, 2.75) is 31.2 Å². The molecule has 2 aliphatic rings. The predicted molar refractivity (Wildman–Crippen MR) is 68.3 cm³/mol. The first-order valence-electron chi connectivity index (χ1n) is 6.29. The van der Waals surface area contributed by atoms with E-state index >= 15 is 0 Å². The second-order valence-electron chi connectivity index (χ2n) is 4.90. The molecule has 17 heavy (non-hydrogen) atoms. The highest BCUT2D eigenvalue weighted by molar-refractivity contribution is 9.09. The number of rotatable bonds is 3. The van der Waals surface area contributed by atoms with Gasteiger partial charge < -0.3 is 14.8 Å². The Hall–Kier alpha value is -0.130. The first kappa shape index (κ1) is 13.3. The Labute approximate surface area is 111 Å². The fourth-order valence-electron chi connectivity index (χ4n) is 2.38. The molecule has 2 fully saturated rings. The number of hydrogen-bond acceptors (Lipinski definition) is 3. The minimum atomic E-state index is -0.104. The summed E-state index contributed by atoms with van der Waals surface area (Å²) in [5.41, 5.74) is -0.104. The van der Waals surface area contributed by atoms with Crippen LogP contribution < -0.4 is 5.32 Å². The van der Waals surface area contributed by atoms with E-state index in [-0.39, 0.29) is 17.4 Å². The van der Waals surface area contributed by atoms with Gasteiger partial charge in [-0.3, -0.25) is 4.79 Å². The zero-order valence-electron chi connectivity index (χ0n) is 10.0. The Morgan fingerprint density at radius 3 is 2.35 bits per heavy atom. The van der Waals surface area contributed by atoms with Crippen LogP contribution >= 0.6 is 15.9 Å². The lowest BCUT2D eigenvalue weighted by Crippen LogP contribution is -2.55. The maximum absolute atomic E-state index is 12.2. The van der Waals surface area contributed by atoms with Gasteiger partial charge >= 0.3 is 0 Å². The van der Waals surface area contributed by atoms with Crippen LogP contribution in [0, 0.1) is 5.92 Å². The van der Waals surface area contributed by atoms with Gasteiger partial charge in [0.2, 0.25) is 5.91 Å². The van der Waals surface area contributed by atoms with Crippen LogP contribution in [0.25, 0.3) is 0 Å². The fraction of sp³-hybridized carbons (Fsp3) is 0.917. The van der Waals surface area contributed by atoms with Crippen molar-refractivity contribution in [3.05, 3.63) is 0 Å². The van der Waals surface area contributed by atoms with Crippen molar-refractivity contribution in [2.75, 3.05) is 31.8 Å². The summed E-state index contributed by atoms with van der Waals surface area (Å²) in [6, 6.07) is 0. The minimum absolute atomic E-state index is 0.104. The van der Waals surface area contributed by atoms with Gasteiger partial charge in [-0.2, -0.15) is 0 Å². The van der Waals surface area contributed by atoms with Crippen LogP contribution in [-0.2, 0) is 14.3 Å². The van der Waals surface area contributed by atoms with Crippen LogP contribution in [0.1, 0.15) is 25.7 Å². The van der Waals surface area contributed by atoms with E-state index in [1.54, 1.807) is 0 Å². The van der Waals surface area contributed by atoms with Gasteiger partial charge in [-0.05, 0) is 25.7 Å². The van der Waals surface area contributed by atoms with Gasteiger partial charge in [0.25, 0.3) is 0 Å². The van der Waals surface area contributed by atoms with Gasteiger partial charge in [0.05, 0.1) is 5.54 Å². The zero-order chi connectivity index (χ0) is 12.1. The largest absolute Gasteiger partial charge is 0.381 e. The number of carbonyl (C=O) groups excluding carboxylic acids is 1. The number of hydrogen-bond donors (Lipinski definition) is 1. The Morgan fingerprint density at radius 1 is 1.18 bits per heavy atom. The number of nitrogens with one attached hydrogen (secondary N) is 1. The topological polar surface area (TPSA) is 47.6 Å². The molecule has 98 valence electrons. The average Bonchev–Trinajstić information content (AvgIpc) is 2.41. The maximum Gasteiger partial charge on any atom is 0.223 e. The summed E-state index contributed by atoms with van der Waals surface area (Å²) >= 11 is 3.53. The molecule has 0 spiro atoms. The van der Waals surface area contributed by atoms with Crippen LogP contribution in [0.5, 0.6) is 0 Å². The van der Waals surface area contributed by atoms with Crippen LogP contribution in [0.15, 0.2) is 0 Å². The quantitative estimate of drug-likeness (QED) is 0.803. The third-order valence-corrected chi connectivity index (χ3v) is 4.76. The van der Waals surface area contributed by atoms with Crippen molar-refractivity contribution in [1.29, 1.82) is 0 Å². The molecule has 0 atom stereocenters. The van der Waals surface area contributed by atoms with E-state index in [1.807, 2.05) is 0 Å². The highest BCUT2D eigenvalue weighted by Gasteiger charge is 2.35. The molecular weight excluding hydrogens is 286 g/mol. The van der Waals surface area contributed by atoms with E-state index in [0.29, 0.717) is 13.2 Å². The lowest BCUT2D eigenvalue weighted by molar-refractivity contribution is -0.130. The summed E-state index contributed by atoms with van der Waals surface area (Å²) in [6.07, 6.45) is 3.49. The van der Waals surface area contributed by atoms with Gasteiger partial charge in [0, 0.05) is 37.7 Å². The van der Waals surface area contributed by atoms with Crippen molar-refractivity contribution in [1.82, 2.24) is 5.32 Å². The highest BCUT2D eigenvalue weighted by atomic mass is 79.9. The highest BCUT2D eigenvalue weighted by Crippen LogP contribution is 2.25. The number of carbonyl (C=O) groups is 1. The van der Waals surface area contributed by atoms with Gasteiger partial charge in [-0.1, -0.05) is 15.9 Å². The third-order valence-electron chi connectivity index (χ3n) is 3.69. The minimum Gasteiger partial charge on any atom is -0.381 e. The third kappa shape index (κ3) is 3.42. The molecule has 4 nitrogen and oxygen atoms in total. The van der Waals surface area contributed by atoms with E-state index in [9.17, 15) is 4.79 Å². The number of alkyl halides is 1. The molecular formula is C12H20BrNO3. The SMILES string of the molecule is O=C(NC1(CBr)CCOCC1)C1CCOCC1. The molecule has 2 rings (SSSR count). The normalized spacial score (nSPS) is 25.5. The van der Waals surface area contributed by atoms with Crippen molar-refractivity contribution >= 4 is 21.8 Å². The summed E-state index contributed by atoms with van der Waals surface area (Å²) in [4.78, 5) is 12.2. The Balaban J connectivity index is 1.90. The van der Waals surface area contributed by atoms with E-state index in [4.69, 9.17) is 9.47 Å². The van der Waals surface area contributed by atoms with Gasteiger partial charge in [0.1, 0.15) is 0 Å². The lowest BCUT2D eigenvalue weighted by Gasteiger charge is -2.38. The van der Waals surface area contributed by atoms with Crippen molar-refractivity contribution in [3.8, 4) is 0 Å². The van der Waals surface area contributed by atoms with Crippen molar-refractivity contribution in [3.63, 3.8) is 0 Å². The van der Waals surface area contributed by atoms with Crippen LogP contribution in [0.4, 0.5) is 0 Å². The van der Waals surface area contributed by atoms with Gasteiger partial charge in [-0.15, -0.1) is 0 Å². The van der Waals surface area contributed by atoms with Crippen LogP contribution in [-0.4, -0.2) is 43.2 Å². The summed E-state index contributed by atoms with van der Waals surface area (Å²) in [7, 11) is 0. The molecule has 0 bridgehead atoms. The van der Waals surface area contributed by atoms with E-state index < -0.39 is 0 Å². The first-order chi connectivity index (χ1) is 8.26. The van der Waals surface area contributed by atoms with E-state index in [2.05, 4.69) is 21.2 Å². The number of ether oxygens (including phenoxy) is 2. The maximum atomic E-state index is 12.2. The van der Waals surface area contributed by atoms with Gasteiger partial charge in [0.15, 0.2) is 0 Å². The molecule has 0 saturated carbocycles. The second kappa shape index (κ2) is 6.16. The first-order valence-corrected chi connectivity index (χ1v) is 7.41. The summed E-state index contributed by atoms with van der Waals surface area (Å²) in [5, 5.41) is 4.03. The molecule has 0 aromatic carbocycles. The second-order valence-corrected chi connectivity index (χ2v) is 5.46. The predicted octanol–water partition coefficient (Wildman–Crippen LogP) is 1.47. The Morgan fingerprint density at radius 2 is 1.76 bits per heavy atom. The standard InChI is InChI=1S/C12H20BrNO3/c13-9-12(3-7-17-8-4-12)14-11(15)10-1-5-16-6-2-10/h10H,1-9H2,(H,14,15). The molecule has 0 unspecified atom stereocenters. The van der Waals surface area contributed by atoms with E-state index in [0.717, 1.165) is 44.2 Å². The molecule has 1 amide bonds. The molecule has 0 aromatic heterocycles. The summed E-state index contributed by atoms with van der Waals surface area (Å²) in [5.74, 6) is 0.317. The Bertz CT molecular complexity index is 260. The lowest BCUT2D eigenvalue weighted by atomic mass is 9.90. The van der Waals surface area contributed by atoms with Crippen LogP contribution in [0.2, 0.25) is 0 Å². The number of halogens is 1. The molecule has 2 saturated heterocycles. The summed E-state index contributed by atoms with van der Waals surface area (Å²) in [6.45, 7) is 2.89. The molecule has 2 heterocycles. The van der Waals surface area contributed by atoms with E-state index in [1.165, 1.54) is 0 Å². The smallest absolute Gasteiger partial charge is 0.223 e. The van der Waals surface area contributed by atoms with Gasteiger partial charge in [-0.25, -0.2) is 0 Å². The molecule has 0 radical (unpaired) electrons. The monoisotopic (exact) mass is 305 g/mol. The average molecular weight is 306 g/mol. The molecule has 2 aliphatic heterocycles. The molecule has 0 aliphatic carbocycles. The Kier molecular flexibility index (Phi) is 4.82. The molecule has 0 aromatic rings. The van der Waals surface area contributed by atoms with Crippen molar-refractivity contribution in [2.24, 2.45) is 5.92 Å². The fourth-order valence-corrected chi connectivity index (χ4v) is 3.08. The van der Waals surface area contributed by atoms with Crippen LogP contribution in [0.3, 0.4) is 0 Å². The zero-order valence-corrected chi connectivity index (χ0v) is 11.6. The summed E-state index contributed by atoms with van der Waals surface area (Å²) < 4.78 is 10.6. The van der Waals surface area contributed by atoms with Crippen molar-refractivity contribution < 1.29 is 14.3 Å². The molecule has 1 N–H and O–H groups in total. The molecule has 5 heteroatoms.